The highest BCUT2D eigenvalue weighted by molar-refractivity contribution is 5.70. The van der Waals surface area contributed by atoms with Crippen LogP contribution in [0.4, 0.5) is 0 Å². The Morgan fingerprint density at radius 1 is 0.347 bits per heavy atom. The smallest absolute Gasteiger partial charge is 0.306 e. The lowest BCUT2D eigenvalue weighted by molar-refractivity contribution is -0.870. The summed E-state index contributed by atoms with van der Waals surface area (Å²) in [5, 5.41) is 11.8. The van der Waals surface area contributed by atoms with Crippen molar-refractivity contribution >= 4 is 17.9 Å². The van der Waals surface area contributed by atoms with Crippen LogP contribution in [0.1, 0.15) is 348 Å². The molecule has 0 bridgehead atoms. The van der Waals surface area contributed by atoms with Gasteiger partial charge in [-0.25, -0.2) is 0 Å². The molecular formula is C66H129NO8. The van der Waals surface area contributed by atoms with E-state index in [4.69, 9.17) is 18.9 Å². The standard InChI is InChI=1S/C66H129NO8/c1-6-8-10-12-14-16-18-20-22-24-26-28-30-31-32-33-35-37-39-41-43-45-47-49-51-53-55-57-64(69)75-62(61-74-66(65(70)71)72-59-58-67(3,4)5)60-73-63(68)56-54-52-50-48-46-44-42-40-38-36-34-29-27-25-23-21-19-17-15-13-11-9-7-2/h62,66H,6-61H2,1-5H3. The van der Waals surface area contributed by atoms with Crippen LogP contribution >= 0.6 is 0 Å². The van der Waals surface area contributed by atoms with Crippen molar-refractivity contribution in [1.29, 1.82) is 0 Å². The Morgan fingerprint density at radius 2 is 0.600 bits per heavy atom. The van der Waals surface area contributed by atoms with Crippen molar-refractivity contribution < 1.29 is 42.9 Å². The van der Waals surface area contributed by atoms with E-state index < -0.39 is 24.3 Å². The minimum Gasteiger partial charge on any atom is -0.545 e. The van der Waals surface area contributed by atoms with Gasteiger partial charge in [-0.1, -0.05) is 322 Å². The summed E-state index contributed by atoms with van der Waals surface area (Å²) in [6, 6.07) is 0. The average molecular weight is 1060 g/mol. The zero-order valence-corrected chi connectivity index (χ0v) is 51.0. The Bertz CT molecular complexity index is 1190. The van der Waals surface area contributed by atoms with E-state index in [2.05, 4.69) is 13.8 Å². The van der Waals surface area contributed by atoms with E-state index in [1.807, 2.05) is 21.1 Å². The molecule has 0 aromatic rings. The quantitative estimate of drug-likeness (QED) is 0.0256. The second-order valence-corrected chi connectivity index (χ2v) is 24.1. The molecule has 2 atom stereocenters. The number of carboxylic acids is 1. The lowest BCUT2D eigenvalue weighted by Gasteiger charge is -2.26. The summed E-state index contributed by atoms with van der Waals surface area (Å²) in [6.45, 7) is 4.84. The zero-order valence-electron chi connectivity index (χ0n) is 51.0. The SMILES string of the molecule is CCCCCCCCCCCCCCCCCCCCCCCCCCCCCC(=O)OC(COC(=O)CCCCCCCCCCCCCCCCCCCCCCCCC)COC(OCC[N+](C)(C)C)C(=O)[O-]. The fourth-order valence-corrected chi connectivity index (χ4v) is 10.2. The molecule has 0 amide bonds. The van der Waals surface area contributed by atoms with Crippen LogP contribution in [0.2, 0.25) is 0 Å². The normalized spacial score (nSPS) is 12.6. The van der Waals surface area contributed by atoms with Crippen LogP contribution < -0.4 is 5.11 Å². The summed E-state index contributed by atoms with van der Waals surface area (Å²) < 4.78 is 22.8. The van der Waals surface area contributed by atoms with E-state index in [0.717, 1.165) is 38.5 Å². The molecular weight excluding hydrogens is 935 g/mol. The van der Waals surface area contributed by atoms with Gasteiger partial charge >= 0.3 is 11.9 Å². The van der Waals surface area contributed by atoms with Gasteiger partial charge in [0, 0.05) is 12.8 Å². The number of nitrogens with zero attached hydrogens (tertiary/aromatic N) is 1. The van der Waals surface area contributed by atoms with E-state index in [0.29, 0.717) is 17.4 Å². The molecule has 0 saturated carbocycles. The third kappa shape index (κ3) is 59.8. The highest BCUT2D eigenvalue weighted by Gasteiger charge is 2.22. The number of likely N-dealkylation sites (N-methyl/N-ethyl adjacent to an activating group) is 1. The molecule has 0 N–H and O–H groups in total. The van der Waals surface area contributed by atoms with Crippen LogP contribution in [0.3, 0.4) is 0 Å². The molecule has 0 saturated heterocycles. The maximum atomic E-state index is 12.9. The minimum absolute atomic E-state index is 0.154. The van der Waals surface area contributed by atoms with E-state index in [1.54, 1.807) is 0 Å². The lowest BCUT2D eigenvalue weighted by atomic mass is 10.0. The van der Waals surface area contributed by atoms with Gasteiger partial charge in [0.15, 0.2) is 12.4 Å². The molecule has 0 spiro atoms. The minimum atomic E-state index is -1.61. The number of quaternary nitrogens is 1. The van der Waals surface area contributed by atoms with Crippen LogP contribution in [-0.4, -0.2) is 82.3 Å². The van der Waals surface area contributed by atoms with E-state index in [9.17, 15) is 19.5 Å². The van der Waals surface area contributed by atoms with Crippen LogP contribution in [-0.2, 0) is 33.3 Å². The van der Waals surface area contributed by atoms with E-state index in [1.165, 1.54) is 283 Å². The zero-order chi connectivity index (χ0) is 54.8. The Balaban J connectivity index is 4.09. The third-order valence-electron chi connectivity index (χ3n) is 15.4. The highest BCUT2D eigenvalue weighted by Crippen LogP contribution is 2.19. The van der Waals surface area contributed by atoms with Gasteiger partial charge in [0.05, 0.1) is 40.3 Å². The Labute approximate surface area is 466 Å². The number of carbonyl (C=O) groups is 3. The Hall–Kier alpha value is -1.71. The second-order valence-electron chi connectivity index (χ2n) is 24.1. The van der Waals surface area contributed by atoms with Gasteiger partial charge < -0.3 is 33.3 Å². The molecule has 0 fully saturated rings. The molecule has 0 aromatic heterocycles. The summed E-state index contributed by atoms with van der Waals surface area (Å²) in [4.78, 5) is 37.4. The van der Waals surface area contributed by atoms with Gasteiger partial charge in [0.1, 0.15) is 13.2 Å². The number of hydrogen-bond donors (Lipinski definition) is 0. The first-order valence-electron chi connectivity index (χ1n) is 33.2. The van der Waals surface area contributed by atoms with Gasteiger partial charge in [-0.15, -0.1) is 0 Å². The molecule has 446 valence electrons. The fraction of sp³-hybridized carbons (Fsp3) is 0.955. The molecule has 0 aromatic carbocycles. The van der Waals surface area contributed by atoms with Crippen molar-refractivity contribution in [3.8, 4) is 0 Å². The molecule has 75 heavy (non-hydrogen) atoms. The largest absolute Gasteiger partial charge is 0.545 e. The first kappa shape index (κ1) is 73.3. The van der Waals surface area contributed by atoms with Crippen LogP contribution in [0.25, 0.3) is 0 Å². The fourth-order valence-electron chi connectivity index (χ4n) is 10.2. The highest BCUT2D eigenvalue weighted by atomic mass is 16.7. The van der Waals surface area contributed by atoms with Crippen molar-refractivity contribution in [1.82, 2.24) is 0 Å². The Morgan fingerprint density at radius 3 is 0.853 bits per heavy atom. The number of rotatable bonds is 63. The summed E-state index contributed by atoms with van der Waals surface area (Å²) in [5.74, 6) is -2.25. The summed E-state index contributed by atoms with van der Waals surface area (Å²) in [7, 11) is 5.95. The number of esters is 2. The second kappa shape index (κ2) is 58.4. The summed E-state index contributed by atoms with van der Waals surface area (Å²) in [5.41, 5.74) is 0. The van der Waals surface area contributed by atoms with Crippen molar-refractivity contribution in [3.63, 3.8) is 0 Å². The number of carboxylic acid groups (broad SMARTS) is 1. The van der Waals surface area contributed by atoms with Gasteiger partial charge in [-0.3, -0.25) is 9.59 Å². The van der Waals surface area contributed by atoms with Crippen LogP contribution in [0.15, 0.2) is 0 Å². The molecule has 0 aliphatic heterocycles. The monoisotopic (exact) mass is 1060 g/mol. The summed E-state index contributed by atoms with van der Waals surface area (Å²) >= 11 is 0. The molecule has 9 heteroatoms. The third-order valence-corrected chi connectivity index (χ3v) is 15.4. The van der Waals surface area contributed by atoms with Crippen molar-refractivity contribution in [2.24, 2.45) is 0 Å². The topological polar surface area (TPSA) is 111 Å². The van der Waals surface area contributed by atoms with Crippen molar-refractivity contribution in [2.45, 2.75) is 360 Å². The van der Waals surface area contributed by atoms with Gasteiger partial charge in [0.2, 0.25) is 0 Å². The van der Waals surface area contributed by atoms with E-state index >= 15 is 0 Å². The van der Waals surface area contributed by atoms with Crippen LogP contribution in [0, 0.1) is 0 Å². The molecule has 0 aliphatic rings. The molecule has 0 radical (unpaired) electrons. The van der Waals surface area contributed by atoms with Gasteiger partial charge in [-0.2, -0.15) is 0 Å². The molecule has 9 nitrogen and oxygen atoms in total. The molecule has 0 aliphatic carbocycles. The Kier molecular flexibility index (Phi) is 57.1. The number of hydrogen-bond acceptors (Lipinski definition) is 8. The van der Waals surface area contributed by atoms with Crippen molar-refractivity contribution in [2.75, 3.05) is 47.5 Å². The number of unbranched alkanes of at least 4 members (excludes halogenated alkanes) is 48. The average Bonchev–Trinajstić information content (AvgIpc) is 3.38. The van der Waals surface area contributed by atoms with Gasteiger partial charge in [-0.05, 0) is 12.8 Å². The van der Waals surface area contributed by atoms with Gasteiger partial charge in [0.25, 0.3) is 0 Å². The first-order valence-corrected chi connectivity index (χ1v) is 33.2. The maximum Gasteiger partial charge on any atom is 0.306 e. The molecule has 2 unspecified atom stereocenters. The molecule has 0 heterocycles. The van der Waals surface area contributed by atoms with Crippen LogP contribution in [0.5, 0.6) is 0 Å². The number of aliphatic carboxylic acids is 1. The maximum absolute atomic E-state index is 12.9. The predicted molar refractivity (Wildman–Crippen MR) is 316 cm³/mol. The summed E-state index contributed by atoms with van der Waals surface area (Å²) in [6.07, 6.45) is 64.6. The van der Waals surface area contributed by atoms with Crippen molar-refractivity contribution in [3.05, 3.63) is 0 Å². The predicted octanol–water partition coefficient (Wildman–Crippen LogP) is 18.6. The number of carbonyl (C=O) groups excluding carboxylic acids is 3. The molecule has 0 rings (SSSR count). The van der Waals surface area contributed by atoms with E-state index in [-0.39, 0.29) is 32.2 Å². The lowest BCUT2D eigenvalue weighted by Crippen LogP contribution is -2.44. The first-order chi connectivity index (χ1) is 36.6. The number of ether oxygens (including phenoxy) is 4.